The number of nitrogens with zero attached hydrogens (tertiary/aromatic N) is 1. The van der Waals surface area contributed by atoms with Gasteiger partial charge >= 0.3 is 5.97 Å². The van der Waals surface area contributed by atoms with E-state index in [1.54, 1.807) is 31.2 Å². The molecule has 1 aromatic carbocycles. The summed E-state index contributed by atoms with van der Waals surface area (Å²) in [6.07, 6.45) is 0. The molecule has 2 aliphatic rings. The topological polar surface area (TPSA) is 95.9 Å². The molecule has 0 spiro atoms. The van der Waals surface area contributed by atoms with Crippen LogP contribution in [0.15, 0.2) is 41.6 Å². The lowest BCUT2D eigenvalue weighted by atomic mass is 10.0. The molecular weight excluding hydrogens is 332 g/mol. The number of benzene rings is 1. The van der Waals surface area contributed by atoms with Gasteiger partial charge in [0, 0.05) is 5.75 Å². The third-order valence-electron chi connectivity index (χ3n) is 3.79. The molecule has 8 heteroatoms. The molecule has 24 heavy (non-hydrogen) atoms. The van der Waals surface area contributed by atoms with Crippen molar-refractivity contribution in [2.45, 2.75) is 18.3 Å². The Bertz CT molecular complexity index is 718. The molecule has 3 rings (SSSR count). The zero-order chi connectivity index (χ0) is 17.3. The molecule has 2 heterocycles. The van der Waals surface area contributed by atoms with Gasteiger partial charge < -0.3 is 15.2 Å². The lowest BCUT2D eigenvalue weighted by molar-refractivity contribution is -0.150. The van der Waals surface area contributed by atoms with Crippen molar-refractivity contribution < 1.29 is 24.2 Å². The normalized spacial score (nSPS) is 22.5. The smallest absolute Gasteiger partial charge is 0.352 e. The van der Waals surface area contributed by atoms with Gasteiger partial charge in [0.05, 0.1) is 0 Å². The largest absolute Gasteiger partial charge is 0.484 e. The Hall–Kier alpha value is -2.48. The number of fused-ring (bicyclic) bond motifs is 1. The maximum atomic E-state index is 12.2. The van der Waals surface area contributed by atoms with Crippen LogP contribution in [-0.2, 0) is 14.4 Å². The van der Waals surface area contributed by atoms with E-state index in [0.29, 0.717) is 17.1 Å². The van der Waals surface area contributed by atoms with Crippen LogP contribution >= 0.6 is 11.8 Å². The van der Waals surface area contributed by atoms with Crippen molar-refractivity contribution in [1.82, 2.24) is 10.2 Å². The molecule has 0 bridgehead atoms. The van der Waals surface area contributed by atoms with Gasteiger partial charge in [-0.2, -0.15) is 0 Å². The molecule has 126 valence electrons. The molecule has 2 atom stereocenters. The number of thioether (sulfide) groups is 1. The highest BCUT2D eigenvalue weighted by Gasteiger charge is 2.53. The summed E-state index contributed by atoms with van der Waals surface area (Å²) in [5.74, 6) is -0.864. The monoisotopic (exact) mass is 348 g/mol. The number of carbonyl (C=O) groups is 3. The summed E-state index contributed by atoms with van der Waals surface area (Å²) in [5.41, 5.74) is 0.670. The molecule has 2 aliphatic heterocycles. The van der Waals surface area contributed by atoms with Crippen LogP contribution in [0, 0.1) is 0 Å². The Balaban J connectivity index is 1.59. The summed E-state index contributed by atoms with van der Waals surface area (Å²) < 4.78 is 5.34. The van der Waals surface area contributed by atoms with Gasteiger partial charge in [-0.15, -0.1) is 11.8 Å². The van der Waals surface area contributed by atoms with Gasteiger partial charge in [0.2, 0.25) is 0 Å². The van der Waals surface area contributed by atoms with Crippen molar-refractivity contribution in [1.29, 1.82) is 0 Å². The standard InChI is InChI=1S/C16H16N2O5S/c1-9-8-24-15-12(14(20)18(15)13(9)16(21)22)17-11(19)7-23-10-5-3-2-4-6-10/h2-6,12,15H,7-8H2,1H3,(H,17,19)(H,21,22)/t12-,15+/m1/s1. The van der Waals surface area contributed by atoms with E-state index in [1.165, 1.54) is 16.7 Å². The number of carbonyl (C=O) groups excluding carboxylic acids is 2. The van der Waals surface area contributed by atoms with Crippen LogP contribution < -0.4 is 10.1 Å². The van der Waals surface area contributed by atoms with Crippen LogP contribution in [-0.4, -0.2) is 51.6 Å². The second kappa shape index (κ2) is 6.56. The van der Waals surface area contributed by atoms with Crippen molar-refractivity contribution in [2.75, 3.05) is 12.4 Å². The highest BCUT2D eigenvalue weighted by Crippen LogP contribution is 2.40. The van der Waals surface area contributed by atoms with Gasteiger partial charge in [0.1, 0.15) is 22.9 Å². The first-order valence-corrected chi connectivity index (χ1v) is 8.39. The molecule has 0 radical (unpaired) electrons. The quantitative estimate of drug-likeness (QED) is 0.765. The van der Waals surface area contributed by atoms with Crippen molar-refractivity contribution in [3.05, 3.63) is 41.6 Å². The molecule has 0 saturated carbocycles. The first-order chi connectivity index (χ1) is 11.5. The zero-order valence-corrected chi connectivity index (χ0v) is 13.7. The number of nitrogens with one attached hydrogen (secondary N) is 1. The van der Waals surface area contributed by atoms with E-state index in [4.69, 9.17) is 4.74 Å². The highest BCUT2D eigenvalue weighted by molar-refractivity contribution is 8.00. The van der Waals surface area contributed by atoms with Crippen LogP contribution in [0.4, 0.5) is 0 Å². The molecular formula is C16H16N2O5S. The van der Waals surface area contributed by atoms with Gasteiger partial charge in [-0.3, -0.25) is 14.5 Å². The lowest BCUT2D eigenvalue weighted by Gasteiger charge is -2.49. The van der Waals surface area contributed by atoms with Crippen LogP contribution in [0.25, 0.3) is 0 Å². The Morgan fingerprint density at radius 3 is 2.75 bits per heavy atom. The van der Waals surface area contributed by atoms with Crippen LogP contribution in [0.5, 0.6) is 5.75 Å². The van der Waals surface area contributed by atoms with Crippen molar-refractivity contribution in [3.63, 3.8) is 0 Å². The van der Waals surface area contributed by atoms with Gasteiger partial charge in [-0.25, -0.2) is 4.79 Å². The molecule has 0 aliphatic carbocycles. The Morgan fingerprint density at radius 2 is 2.08 bits per heavy atom. The lowest BCUT2D eigenvalue weighted by Crippen LogP contribution is -2.70. The average molecular weight is 348 g/mol. The molecule has 2 amide bonds. The van der Waals surface area contributed by atoms with E-state index in [2.05, 4.69) is 5.32 Å². The number of amides is 2. The summed E-state index contributed by atoms with van der Waals surface area (Å²) in [6, 6.07) is 8.16. The van der Waals surface area contributed by atoms with E-state index < -0.39 is 23.8 Å². The molecule has 1 aromatic rings. The average Bonchev–Trinajstić information content (AvgIpc) is 2.58. The third-order valence-corrected chi connectivity index (χ3v) is 5.22. The fourth-order valence-corrected chi connectivity index (χ4v) is 3.95. The van der Waals surface area contributed by atoms with Gasteiger partial charge in [0.25, 0.3) is 11.8 Å². The summed E-state index contributed by atoms with van der Waals surface area (Å²) in [7, 11) is 0. The van der Waals surface area contributed by atoms with Gasteiger partial charge in [-0.05, 0) is 24.6 Å². The number of aliphatic carboxylic acids is 1. The number of hydrogen-bond acceptors (Lipinski definition) is 5. The van der Waals surface area contributed by atoms with Crippen LogP contribution in [0.2, 0.25) is 0 Å². The molecule has 7 nitrogen and oxygen atoms in total. The Morgan fingerprint density at radius 1 is 1.38 bits per heavy atom. The molecule has 0 aromatic heterocycles. The number of β-lactam (4-membered cyclic amide) rings is 1. The number of carboxylic acid groups (broad SMARTS) is 1. The van der Waals surface area contributed by atoms with Crippen LogP contribution in [0.3, 0.4) is 0 Å². The van der Waals surface area contributed by atoms with Crippen molar-refractivity contribution in [3.8, 4) is 5.75 Å². The minimum atomic E-state index is -1.12. The Labute approximate surface area is 142 Å². The first-order valence-electron chi connectivity index (χ1n) is 7.34. The van der Waals surface area contributed by atoms with E-state index in [0.717, 1.165) is 0 Å². The van der Waals surface area contributed by atoms with E-state index >= 15 is 0 Å². The molecule has 0 unspecified atom stereocenters. The van der Waals surface area contributed by atoms with E-state index in [1.807, 2.05) is 6.07 Å². The minimum Gasteiger partial charge on any atom is -0.484 e. The number of para-hydroxylation sites is 1. The summed E-state index contributed by atoms with van der Waals surface area (Å²) >= 11 is 1.44. The first kappa shape index (κ1) is 16.4. The number of hydrogen-bond donors (Lipinski definition) is 2. The highest BCUT2D eigenvalue weighted by atomic mass is 32.2. The maximum Gasteiger partial charge on any atom is 0.352 e. The number of carboxylic acids is 1. The predicted molar refractivity (Wildman–Crippen MR) is 87.3 cm³/mol. The number of rotatable bonds is 5. The fourth-order valence-electron chi connectivity index (χ4n) is 2.66. The van der Waals surface area contributed by atoms with Crippen molar-refractivity contribution >= 4 is 29.5 Å². The number of ether oxygens (including phenoxy) is 1. The summed E-state index contributed by atoms with van der Waals surface area (Å²) in [6.45, 7) is 1.49. The fraction of sp³-hybridized carbons (Fsp3) is 0.312. The SMILES string of the molecule is CC1=C(C(=O)O)N2C(=O)[C@@H](NC(=O)COc3ccccc3)[C@@H]2SC1. The van der Waals surface area contributed by atoms with E-state index in [9.17, 15) is 19.5 Å². The summed E-state index contributed by atoms with van der Waals surface area (Å²) in [4.78, 5) is 36.8. The molecule has 2 N–H and O–H groups in total. The summed E-state index contributed by atoms with van der Waals surface area (Å²) in [5, 5.41) is 11.5. The zero-order valence-electron chi connectivity index (χ0n) is 12.9. The second-order valence-corrected chi connectivity index (χ2v) is 6.60. The molecule has 1 saturated heterocycles. The second-order valence-electron chi connectivity index (χ2n) is 5.49. The Kier molecular flexibility index (Phi) is 4.48. The predicted octanol–water partition coefficient (Wildman–Crippen LogP) is 0.824. The van der Waals surface area contributed by atoms with Crippen LogP contribution in [0.1, 0.15) is 6.92 Å². The van der Waals surface area contributed by atoms with Gasteiger partial charge in [-0.1, -0.05) is 18.2 Å². The maximum absolute atomic E-state index is 12.2. The minimum absolute atomic E-state index is 0.0229. The van der Waals surface area contributed by atoms with Gasteiger partial charge in [0.15, 0.2) is 6.61 Å². The van der Waals surface area contributed by atoms with E-state index in [-0.39, 0.29) is 17.7 Å². The third kappa shape index (κ3) is 2.96. The van der Waals surface area contributed by atoms with Crippen molar-refractivity contribution in [2.24, 2.45) is 0 Å². The molecule has 1 fully saturated rings.